The van der Waals surface area contributed by atoms with Gasteiger partial charge in [0.05, 0.1) is 17.3 Å². The number of nitrogens with zero attached hydrogens (tertiary/aromatic N) is 2. The molecule has 1 aromatic heterocycles. The van der Waals surface area contributed by atoms with E-state index in [4.69, 9.17) is 16.0 Å². The highest BCUT2D eigenvalue weighted by Gasteiger charge is 2.51. The highest BCUT2D eigenvalue weighted by atomic mass is 35.5. The summed E-state index contributed by atoms with van der Waals surface area (Å²) in [5.74, 6) is -0.480. The predicted molar refractivity (Wildman–Crippen MR) is 113 cm³/mol. The van der Waals surface area contributed by atoms with Crippen LogP contribution in [0.4, 0.5) is 10.5 Å². The summed E-state index contributed by atoms with van der Waals surface area (Å²) in [4.78, 5) is 52.2. The molecule has 0 saturated carbocycles. The summed E-state index contributed by atoms with van der Waals surface area (Å²) in [5, 5.41) is 5.62. The van der Waals surface area contributed by atoms with Gasteiger partial charge in [-0.25, -0.2) is 4.79 Å². The van der Waals surface area contributed by atoms with Gasteiger partial charge in [0.25, 0.3) is 5.91 Å². The molecule has 0 spiro atoms. The van der Waals surface area contributed by atoms with Crippen LogP contribution in [0.3, 0.4) is 0 Å². The number of imide groups is 1. The lowest BCUT2D eigenvalue weighted by Gasteiger charge is -2.22. The molecule has 31 heavy (non-hydrogen) atoms. The van der Waals surface area contributed by atoms with Gasteiger partial charge in [-0.3, -0.25) is 19.3 Å². The highest BCUT2D eigenvalue weighted by molar-refractivity contribution is 6.33. The zero-order chi connectivity index (χ0) is 22.9. The Balaban J connectivity index is 1.65. The van der Waals surface area contributed by atoms with Crippen LogP contribution >= 0.6 is 11.6 Å². The van der Waals surface area contributed by atoms with Crippen molar-refractivity contribution in [2.75, 3.05) is 25.5 Å². The fourth-order valence-corrected chi connectivity index (χ4v) is 3.65. The minimum Gasteiger partial charge on any atom is -0.466 e. The van der Waals surface area contributed by atoms with Gasteiger partial charge in [-0.15, -0.1) is 0 Å². The summed E-state index contributed by atoms with van der Waals surface area (Å²) in [7, 11) is 1.41. The maximum atomic E-state index is 13.0. The van der Waals surface area contributed by atoms with E-state index in [1.165, 1.54) is 7.05 Å². The molecule has 9 nitrogen and oxygen atoms in total. The van der Waals surface area contributed by atoms with Crippen LogP contribution in [0, 0.1) is 13.8 Å². The number of hydrogen-bond acceptors (Lipinski definition) is 5. The van der Waals surface area contributed by atoms with E-state index in [0.717, 1.165) is 9.80 Å². The second-order valence-corrected chi connectivity index (χ2v) is 7.96. The smallest absolute Gasteiger partial charge is 0.325 e. The number of carbonyl (C=O) groups is 4. The molecule has 1 saturated heterocycles. The first kappa shape index (κ1) is 22.4. The van der Waals surface area contributed by atoms with Crippen molar-refractivity contribution in [3.63, 3.8) is 0 Å². The largest absolute Gasteiger partial charge is 0.466 e. The van der Waals surface area contributed by atoms with Crippen molar-refractivity contribution in [1.82, 2.24) is 15.1 Å². The number of nitrogens with one attached hydrogen (secondary N) is 2. The monoisotopic (exact) mass is 446 g/mol. The predicted octanol–water partition coefficient (Wildman–Crippen LogP) is 2.41. The molecule has 164 valence electrons. The Labute approximate surface area is 184 Å². The Morgan fingerprint density at radius 3 is 2.55 bits per heavy atom. The number of likely N-dealkylation sites (N-methyl/N-ethyl adjacent to an activating group) is 1. The van der Waals surface area contributed by atoms with Crippen LogP contribution in [0.5, 0.6) is 0 Å². The molecule has 3 rings (SSSR count). The number of halogens is 1. The van der Waals surface area contributed by atoms with Crippen LogP contribution in [0.1, 0.15) is 24.0 Å². The molecule has 1 aromatic carbocycles. The molecular weight excluding hydrogens is 424 g/mol. The van der Waals surface area contributed by atoms with Crippen molar-refractivity contribution >= 4 is 41.0 Å². The van der Waals surface area contributed by atoms with Gasteiger partial charge in [-0.05, 0) is 39.0 Å². The molecule has 5 amide bonds. The summed E-state index contributed by atoms with van der Waals surface area (Å²) in [6, 6.07) is 7.71. The minimum atomic E-state index is -1.33. The van der Waals surface area contributed by atoms with Crippen molar-refractivity contribution < 1.29 is 23.6 Å². The molecule has 2 aromatic rings. The van der Waals surface area contributed by atoms with Gasteiger partial charge in [-0.1, -0.05) is 23.7 Å². The number of amides is 5. The number of hydrogen-bond donors (Lipinski definition) is 2. The van der Waals surface area contributed by atoms with Gasteiger partial charge >= 0.3 is 6.03 Å². The molecule has 1 unspecified atom stereocenters. The summed E-state index contributed by atoms with van der Waals surface area (Å²) >= 11 is 6.01. The molecule has 1 fully saturated rings. The third-order valence-electron chi connectivity index (χ3n) is 5.10. The van der Waals surface area contributed by atoms with Gasteiger partial charge in [0, 0.05) is 12.6 Å². The molecular formula is C21H23ClN4O5. The van der Waals surface area contributed by atoms with Crippen molar-refractivity contribution in [2.45, 2.75) is 26.3 Å². The molecule has 1 aliphatic rings. The third kappa shape index (κ3) is 4.41. The minimum absolute atomic E-state index is 0.273. The zero-order valence-corrected chi connectivity index (χ0v) is 18.4. The SMILES string of the molecule is Cc1cc(C2(C)NC(=O)N(CC(=O)N(C)CC(=O)Nc3ccccc3Cl)C2=O)c(C)o1. The van der Waals surface area contributed by atoms with Crippen LogP contribution in [0.25, 0.3) is 0 Å². The maximum Gasteiger partial charge on any atom is 0.325 e. The van der Waals surface area contributed by atoms with E-state index < -0.39 is 35.8 Å². The number of rotatable bonds is 6. The zero-order valence-electron chi connectivity index (χ0n) is 17.6. The van der Waals surface area contributed by atoms with E-state index in [0.29, 0.717) is 27.8 Å². The Bertz CT molecular complexity index is 1070. The van der Waals surface area contributed by atoms with E-state index in [-0.39, 0.29) is 6.54 Å². The van der Waals surface area contributed by atoms with Crippen molar-refractivity contribution in [3.8, 4) is 0 Å². The van der Waals surface area contributed by atoms with Crippen LogP contribution < -0.4 is 10.6 Å². The average Bonchev–Trinajstić information content (AvgIpc) is 3.14. The molecule has 0 bridgehead atoms. The lowest BCUT2D eigenvalue weighted by molar-refractivity contribution is -0.139. The summed E-state index contributed by atoms with van der Waals surface area (Å²) in [6.45, 7) is 4.24. The second-order valence-electron chi connectivity index (χ2n) is 7.55. The number of anilines is 1. The fraction of sp³-hybridized carbons (Fsp3) is 0.333. The molecule has 1 atom stereocenters. The normalized spacial score (nSPS) is 18.2. The number of para-hydroxylation sites is 1. The number of urea groups is 1. The van der Waals surface area contributed by atoms with Gasteiger partial charge in [0.15, 0.2) is 0 Å². The molecule has 0 aliphatic carbocycles. The van der Waals surface area contributed by atoms with Crippen molar-refractivity contribution in [1.29, 1.82) is 0 Å². The molecule has 1 aliphatic heterocycles. The van der Waals surface area contributed by atoms with Gasteiger partial charge in [0.1, 0.15) is 23.6 Å². The van der Waals surface area contributed by atoms with E-state index in [2.05, 4.69) is 10.6 Å². The Morgan fingerprint density at radius 1 is 1.26 bits per heavy atom. The van der Waals surface area contributed by atoms with E-state index in [1.807, 2.05) is 0 Å². The Morgan fingerprint density at radius 2 is 1.94 bits per heavy atom. The van der Waals surface area contributed by atoms with Crippen LogP contribution in [0.2, 0.25) is 5.02 Å². The molecule has 2 N–H and O–H groups in total. The topological polar surface area (TPSA) is 112 Å². The van der Waals surface area contributed by atoms with Crippen molar-refractivity contribution in [2.24, 2.45) is 0 Å². The van der Waals surface area contributed by atoms with Crippen LogP contribution in [0.15, 0.2) is 34.7 Å². The van der Waals surface area contributed by atoms with Crippen molar-refractivity contribution in [3.05, 3.63) is 52.4 Å². The standard InChI is InChI=1S/C21H23ClN4O5/c1-12-9-14(13(2)31-12)21(3)19(29)26(20(30)24-21)11-18(28)25(4)10-17(27)23-16-8-6-5-7-15(16)22/h5-9H,10-11H2,1-4H3,(H,23,27)(H,24,30). The summed E-state index contributed by atoms with van der Waals surface area (Å²) in [5.41, 5.74) is -0.379. The quantitative estimate of drug-likeness (QED) is 0.662. The summed E-state index contributed by atoms with van der Waals surface area (Å²) in [6.07, 6.45) is 0. The van der Waals surface area contributed by atoms with Crippen LogP contribution in [-0.2, 0) is 19.9 Å². The Kier molecular flexibility index (Phi) is 6.08. The first-order valence-electron chi connectivity index (χ1n) is 9.53. The molecule has 10 heteroatoms. The molecule has 2 heterocycles. The summed E-state index contributed by atoms with van der Waals surface area (Å²) < 4.78 is 5.48. The lowest BCUT2D eigenvalue weighted by atomic mass is 9.92. The van der Waals surface area contributed by atoms with Gasteiger partial charge in [0.2, 0.25) is 11.8 Å². The first-order valence-corrected chi connectivity index (χ1v) is 9.90. The van der Waals surface area contributed by atoms with E-state index in [9.17, 15) is 19.2 Å². The third-order valence-corrected chi connectivity index (χ3v) is 5.43. The van der Waals surface area contributed by atoms with E-state index in [1.54, 1.807) is 51.1 Å². The maximum absolute atomic E-state index is 13.0. The average molecular weight is 447 g/mol. The van der Waals surface area contributed by atoms with E-state index >= 15 is 0 Å². The first-order chi connectivity index (χ1) is 14.5. The number of carbonyl (C=O) groups excluding carboxylic acids is 4. The highest BCUT2D eigenvalue weighted by Crippen LogP contribution is 2.32. The number of benzene rings is 1. The van der Waals surface area contributed by atoms with Gasteiger partial charge in [-0.2, -0.15) is 0 Å². The lowest BCUT2D eigenvalue weighted by Crippen LogP contribution is -2.45. The molecule has 0 radical (unpaired) electrons. The number of furan rings is 1. The van der Waals surface area contributed by atoms with Gasteiger partial charge < -0.3 is 20.0 Å². The fourth-order valence-electron chi connectivity index (χ4n) is 3.46. The number of aryl methyl sites for hydroxylation is 2. The second kappa shape index (κ2) is 8.43. The Hall–Kier alpha value is -3.33. The van der Waals surface area contributed by atoms with Crippen LogP contribution in [-0.4, -0.2) is 53.7 Å².